The summed E-state index contributed by atoms with van der Waals surface area (Å²) in [5.41, 5.74) is -0.937. The topological polar surface area (TPSA) is 89.7 Å². The number of carboxylic acids is 1. The van der Waals surface area contributed by atoms with Gasteiger partial charge in [0.05, 0.1) is 12.0 Å². The Kier molecular flexibility index (Phi) is 3.03. The van der Waals surface area contributed by atoms with Gasteiger partial charge in [-0.05, 0) is 0 Å². The van der Waals surface area contributed by atoms with E-state index in [0.29, 0.717) is 0 Å². The summed E-state index contributed by atoms with van der Waals surface area (Å²) in [6.45, 7) is 1.21. The predicted molar refractivity (Wildman–Crippen MR) is 34.3 cm³/mol. The molecule has 62 valence electrons. The number of nitrogens with zero attached hydrogens (tertiary/aromatic N) is 1. The van der Waals surface area contributed by atoms with Crippen LogP contribution in [0.1, 0.15) is 6.92 Å². The molecule has 0 bridgehead atoms. The molecule has 0 aliphatic rings. The van der Waals surface area contributed by atoms with Crippen LogP contribution in [0, 0.1) is 10.1 Å². The van der Waals surface area contributed by atoms with Crippen LogP contribution in [0.25, 0.3) is 0 Å². The van der Waals surface area contributed by atoms with Crippen LogP contribution in [-0.2, 0) is 9.53 Å². The molecule has 11 heavy (non-hydrogen) atoms. The molecule has 0 saturated carbocycles. The van der Waals surface area contributed by atoms with Gasteiger partial charge in [0.1, 0.15) is 0 Å². The van der Waals surface area contributed by atoms with E-state index in [-0.39, 0.29) is 5.76 Å². The molecule has 0 heterocycles. The molecule has 0 aromatic carbocycles. The second kappa shape index (κ2) is 3.55. The molecule has 0 spiro atoms. The van der Waals surface area contributed by atoms with E-state index in [1.807, 2.05) is 0 Å². The third-order valence-corrected chi connectivity index (χ3v) is 1.02. The number of allylic oxidation sites excluding steroid dienone is 1. The number of nitro groups is 1. The number of ether oxygens (including phenoxy) is 1. The molecule has 0 aliphatic heterocycles. The fourth-order valence-corrected chi connectivity index (χ4v) is 0.454. The highest BCUT2D eigenvalue weighted by Crippen LogP contribution is 2.04. The van der Waals surface area contributed by atoms with Crippen molar-refractivity contribution in [1.29, 1.82) is 0 Å². The summed E-state index contributed by atoms with van der Waals surface area (Å²) in [7, 11) is 1.17. The normalized spacial score (nSPS) is 11.8. The Morgan fingerprint density at radius 2 is 2.09 bits per heavy atom. The molecule has 6 nitrogen and oxygen atoms in total. The molecule has 0 fully saturated rings. The fourth-order valence-electron chi connectivity index (χ4n) is 0.454. The fraction of sp³-hybridized carbons (Fsp3) is 0.400. The summed E-state index contributed by atoms with van der Waals surface area (Å²) < 4.78 is 4.39. The first-order valence-electron chi connectivity index (χ1n) is 2.63. The van der Waals surface area contributed by atoms with E-state index in [4.69, 9.17) is 5.11 Å². The Hall–Kier alpha value is -1.59. The van der Waals surface area contributed by atoms with Crippen LogP contribution in [0.5, 0.6) is 0 Å². The van der Waals surface area contributed by atoms with Gasteiger partial charge in [-0.2, -0.15) is 0 Å². The van der Waals surface area contributed by atoms with Gasteiger partial charge >= 0.3 is 11.7 Å². The number of aliphatic carboxylic acids is 1. The lowest BCUT2D eigenvalue weighted by molar-refractivity contribution is -0.424. The lowest BCUT2D eigenvalue weighted by atomic mass is 10.4. The monoisotopic (exact) mass is 161 g/mol. The number of carbonyl (C=O) groups is 1. The largest absolute Gasteiger partial charge is 0.494 e. The summed E-state index contributed by atoms with van der Waals surface area (Å²) in [6, 6.07) is 0. The molecule has 0 saturated heterocycles. The SMILES string of the molecule is CO/C(C)=C(\C(=O)O)[N+](=O)[O-]. The van der Waals surface area contributed by atoms with Gasteiger partial charge in [0.15, 0.2) is 5.76 Å². The molecular weight excluding hydrogens is 154 g/mol. The molecule has 0 amide bonds. The van der Waals surface area contributed by atoms with Crippen molar-refractivity contribution in [3.05, 3.63) is 21.6 Å². The van der Waals surface area contributed by atoms with Gasteiger partial charge in [-0.1, -0.05) is 0 Å². The highest BCUT2D eigenvalue weighted by atomic mass is 16.6. The second-order valence-corrected chi connectivity index (χ2v) is 1.67. The zero-order chi connectivity index (χ0) is 9.02. The molecule has 0 radical (unpaired) electrons. The minimum absolute atomic E-state index is 0.220. The van der Waals surface area contributed by atoms with Crippen molar-refractivity contribution in [3.8, 4) is 0 Å². The molecule has 1 N–H and O–H groups in total. The van der Waals surface area contributed by atoms with Crippen LogP contribution in [0.3, 0.4) is 0 Å². The zero-order valence-electron chi connectivity index (χ0n) is 6.03. The number of methoxy groups -OCH3 is 1. The van der Waals surface area contributed by atoms with Gasteiger partial charge < -0.3 is 9.84 Å². The lowest BCUT2D eigenvalue weighted by Crippen LogP contribution is -2.13. The minimum atomic E-state index is -1.60. The van der Waals surface area contributed by atoms with E-state index in [2.05, 4.69) is 4.74 Å². The van der Waals surface area contributed by atoms with E-state index in [0.717, 1.165) is 0 Å². The quantitative estimate of drug-likeness (QED) is 0.277. The Morgan fingerprint density at radius 3 is 2.18 bits per heavy atom. The van der Waals surface area contributed by atoms with Gasteiger partial charge in [-0.25, -0.2) is 4.79 Å². The van der Waals surface area contributed by atoms with Crippen molar-refractivity contribution < 1.29 is 19.6 Å². The first kappa shape index (κ1) is 9.41. The van der Waals surface area contributed by atoms with Gasteiger partial charge in [-0.15, -0.1) is 0 Å². The molecular formula is C5H7NO5. The molecule has 0 aliphatic carbocycles. The van der Waals surface area contributed by atoms with E-state index in [1.165, 1.54) is 14.0 Å². The Balaban J connectivity index is 4.88. The van der Waals surface area contributed by atoms with E-state index < -0.39 is 16.6 Å². The molecule has 6 heteroatoms. The number of hydrogen-bond donors (Lipinski definition) is 1. The highest BCUT2D eigenvalue weighted by molar-refractivity contribution is 5.84. The summed E-state index contributed by atoms with van der Waals surface area (Å²) in [5.74, 6) is -1.82. The molecule has 0 unspecified atom stereocenters. The van der Waals surface area contributed by atoms with Gasteiger partial charge in [-0.3, -0.25) is 10.1 Å². The van der Waals surface area contributed by atoms with Crippen molar-refractivity contribution in [2.75, 3.05) is 7.11 Å². The second-order valence-electron chi connectivity index (χ2n) is 1.67. The first-order chi connectivity index (χ1) is 5.00. The van der Waals surface area contributed by atoms with E-state index in [9.17, 15) is 14.9 Å². The van der Waals surface area contributed by atoms with Crippen molar-refractivity contribution >= 4 is 5.97 Å². The third-order valence-electron chi connectivity index (χ3n) is 1.02. The maximum atomic E-state index is 10.2. The third kappa shape index (κ3) is 2.24. The Bertz CT molecular complexity index is 203. The van der Waals surface area contributed by atoms with Crippen LogP contribution in [0.4, 0.5) is 0 Å². The van der Waals surface area contributed by atoms with Crippen LogP contribution in [0.15, 0.2) is 11.5 Å². The van der Waals surface area contributed by atoms with Crippen molar-refractivity contribution in [2.24, 2.45) is 0 Å². The van der Waals surface area contributed by atoms with Crippen LogP contribution >= 0.6 is 0 Å². The summed E-state index contributed by atoms with van der Waals surface area (Å²) in [6.07, 6.45) is 0. The zero-order valence-corrected chi connectivity index (χ0v) is 6.03. The van der Waals surface area contributed by atoms with Crippen LogP contribution in [-0.4, -0.2) is 23.1 Å². The minimum Gasteiger partial charge on any atom is -0.494 e. The highest BCUT2D eigenvalue weighted by Gasteiger charge is 2.25. The van der Waals surface area contributed by atoms with Crippen LogP contribution in [0.2, 0.25) is 0 Å². The number of carboxylic acid groups (broad SMARTS) is 1. The molecule has 0 aromatic heterocycles. The van der Waals surface area contributed by atoms with Gasteiger partial charge in [0, 0.05) is 6.92 Å². The van der Waals surface area contributed by atoms with Crippen molar-refractivity contribution in [2.45, 2.75) is 6.92 Å². The average molecular weight is 161 g/mol. The predicted octanol–water partition coefficient (Wildman–Crippen LogP) is 0.226. The Morgan fingerprint density at radius 1 is 1.64 bits per heavy atom. The molecule has 0 aromatic rings. The number of hydrogen-bond acceptors (Lipinski definition) is 4. The average Bonchev–Trinajstić information content (AvgIpc) is 1.85. The van der Waals surface area contributed by atoms with Gasteiger partial charge in [0.25, 0.3) is 0 Å². The van der Waals surface area contributed by atoms with Gasteiger partial charge in [0.2, 0.25) is 0 Å². The Labute approximate surface area is 62.2 Å². The van der Waals surface area contributed by atoms with Crippen molar-refractivity contribution in [3.63, 3.8) is 0 Å². The molecule has 0 atom stereocenters. The molecule has 0 rings (SSSR count). The summed E-state index contributed by atoms with van der Waals surface area (Å²) >= 11 is 0. The smallest absolute Gasteiger partial charge is 0.411 e. The number of rotatable bonds is 3. The van der Waals surface area contributed by atoms with E-state index >= 15 is 0 Å². The van der Waals surface area contributed by atoms with Crippen molar-refractivity contribution in [1.82, 2.24) is 0 Å². The maximum absolute atomic E-state index is 10.2. The maximum Gasteiger partial charge on any atom is 0.411 e. The first-order valence-corrected chi connectivity index (χ1v) is 2.63. The summed E-state index contributed by atoms with van der Waals surface area (Å²) in [5, 5.41) is 18.3. The lowest BCUT2D eigenvalue weighted by Gasteiger charge is -1.97. The van der Waals surface area contributed by atoms with E-state index in [1.54, 1.807) is 0 Å². The standard InChI is InChI=1S/C5H7NO5/c1-3(11-2)4(5(7)8)6(9)10/h1-2H3,(H,7,8)/b4-3+. The summed E-state index contributed by atoms with van der Waals surface area (Å²) in [4.78, 5) is 19.2. The van der Waals surface area contributed by atoms with Crippen LogP contribution < -0.4 is 0 Å².